The molecule has 7 aromatic carbocycles. The van der Waals surface area contributed by atoms with Crippen molar-refractivity contribution in [2.45, 2.75) is 0 Å². The summed E-state index contributed by atoms with van der Waals surface area (Å²) in [7, 11) is 0. The van der Waals surface area contributed by atoms with Gasteiger partial charge in [0.25, 0.3) is 0 Å². The second kappa shape index (κ2) is 11.6. The number of benzene rings is 7. The predicted molar refractivity (Wildman–Crippen MR) is 207 cm³/mol. The molecule has 5 heteroatoms. The van der Waals surface area contributed by atoms with Crippen molar-refractivity contribution in [2.24, 2.45) is 0 Å². The summed E-state index contributed by atoms with van der Waals surface area (Å²) in [4.78, 5) is 4.80. The van der Waals surface area contributed by atoms with E-state index in [1.54, 1.807) is 11.3 Å². The molecular weight excluding hydrogens is 632 g/mol. The summed E-state index contributed by atoms with van der Waals surface area (Å²) in [5, 5.41) is 5.54. The van der Waals surface area contributed by atoms with Gasteiger partial charge in [0.2, 0.25) is 0 Å². The maximum atomic E-state index is 6.96. The molecule has 0 saturated carbocycles. The summed E-state index contributed by atoms with van der Waals surface area (Å²) in [6, 6.07) is 58.2. The van der Waals surface area contributed by atoms with Crippen LogP contribution in [0, 0.1) is 0 Å². The molecule has 0 aliphatic rings. The fraction of sp³-hybridized carbons (Fsp3) is 0. The standard InChI is InChI=1S/C42H27ClN2S2/c43-33-24-25-36(41-39(33)31-20-10-12-22-37(31)46-41)45(30-18-8-3-9-19-30)34-26-27-35(42-40(34)32-21-11-13-23-38(32)47-42)44(28-14-4-1-5-15-28)29-16-6-2-7-17-29/h1-27H. The predicted octanol–water partition coefficient (Wildman–Crippen LogP) is 14.0. The van der Waals surface area contributed by atoms with Crippen LogP contribution < -0.4 is 9.80 Å². The highest BCUT2D eigenvalue weighted by Crippen LogP contribution is 2.53. The summed E-state index contributed by atoms with van der Waals surface area (Å²) in [6.07, 6.45) is 0. The molecule has 0 saturated heterocycles. The highest BCUT2D eigenvalue weighted by atomic mass is 35.5. The zero-order valence-electron chi connectivity index (χ0n) is 25.2. The van der Waals surface area contributed by atoms with Crippen molar-refractivity contribution in [3.63, 3.8) is 0 Å². The monoisotopic (exact) mass is 658 g/mol. The Labute approximate surface area is 285 Å². The lowest BCUT2D eigenvalue weighted by atomic mass is 10.0. The van der Waals surface area contributed by atoms with E-state index in [0.29, 0.717) is 0 Å². The molecule has 0 bridgehead atoms. The average molecular weight is 659 g/mol. The maximum absolute atomic E-state index is 6.96. The van der Waals surface area contributed by atoms with Gasteiger partial charge in [-0.3, -0.25) is 0 Å². The molecule has 0 atom stereocenters. The average Bonchev–Trinajstić information content (AvgIpc) is 3.72. The number of fused-ring (bicyclic) bond motifs is 6. The third-order valence-electron chi connectivity index (χ3n) is 8.70. The van der Waals surface area contributed by atoms with Crippen LogP contribution >= 0.6 is 34.3 Å². The van der Waals surface area contributed by atoms with Gasteiger partial charge in [-0.1, -0.05) is 103 Å². The lowest BCUT2D eigenvalue weighted by Gasteiger charge is -2.30. The van der Waals surface area contributed by atoms with Crippen LogP contribution in [0.4, 0.5) is 34.1 Å². The summed E-state index contributed by atoms with van der Waals surface area (Å²) >= 11 is 10.6. The van der Waals surface area contributed by atoms with Gasteiger partial charge < -0.3 is 9.80 Å². The second-order valence-electron chi connectivity index (χ2n) is 11.5. The number of hydrogen-bond donors (Lipinski definition) is 0. The van der Waals surface area contributed by atoms with E-state index in [1.807, 2.05) is 11.3 Å². The van der Waals surface area contributed by atoms with Crippen molar-refractivity contribution < 1.29 is 0 Å². The van der Waals surface area contributed by atoms with Crippen molar-refractivity contribution in [1.82, 2.24) is 0 Å². The Hall–Kier alpha value is -5.13. The van der Waals surface area contributed by atoms with Gasteiger partial charge in [-0.05, 0) is 72.8 Å². The second-order valence-corrected chi connectivity index (χ2v) is 14.0. The van der Waals surface area contributed by atoms with Gasteiger partial charge in [-0.2, -0.15) is 0 Å². The molecule has 9 rings (SSSR count). The normalized spacial score (nSPS) is 11.5. The SMILES string of the molecule is Clc1ccc(N(c2ccccc2)c2ccc(N(c3ccccc3)c3ccccc3)c3sc4ccccc4c23)c2sc3ccccc3c12. The quantitative estimate of drug-likeness (QED) is 0.175. The molecule has 224 valence electrons. The zero-order chi connectivity index (χ0) is 31.3. The summed E-state index contributed by atoms with van der Waals surface area (Å²) in [5.74, 6) is 0. The molecule has 2 heterocycles. The van der Waals surface area contributed by atoms with Crippen molar-refractivity contribution in [3.05, 3.63) is 169 Å². The molecule has 2 nitrogen and oxygen atoms in total. The van der Waals surface area contributed by atoms with E-state index in [4.69, 9.17) is 11.6 Å². The van der Waals surface area contributed by atoms with Crippen LogP contribution in [-0.2, 0) is 0 Å². The number of para-hydroxylation sites is 3. The Morgan fingerprint density at radius 1 is 0.362 bits per heavy atom. The molecule has 2 aromatic heterocycles. The van der Waals surface area contributed by atoms with Crippen LogP contribution in [0.3, 0.4) is 0 Å². The first-order chi connectivity index (χ1) is 23.3. The molecule has 0 amide bonds. The third-order valence-corrected chi connectivity index (χ3v) is 11.4. The number of anilines is 6. The lowest BCUT2D eigenvalue weighted by molar-refractivity contribution is 1.29. The van der Waals surface area contributed by atoms with Crippen LogP contribution in [-0.4, -0.2) is 0 Å². The van der Waals surface area contributed by atoms with Gasteiger partial charge >= 0.3 is 0 Å². The van der Waals surface area contributed by atoms with E-state index in [1.165, 1.54) is 35.0 Å². The van der Waals surface area contributed by atoms with Gasteiger partial charge in [-0.15, -0.1) is 22.7 Å². The summed E-state index contributed by atoms with van der Waals surface area (Å²) in [6.45, 7) is 0. The largest absolute Gasteiger partial charge is 0.309 e. The van der Waals surface area contributed by atoms with Gasteiger partial charge in [0.1, 0.15) is 0 Å². The van der Waals surface area contributed by atoms with E-state index < -0.39 is 0 Å². The van der Waals surface area contributed by atoms with Gasteiger partial charge in [0.15, 0.2) is 0 Å². The van der Waals surface area contributed by atoms with Crippen LogP contribution in [0.1, 0.15) is 0 Å². The Morgan fingerprint density at radius 3 is 1.34 bits per heavy atom. The van der Waals surface area contributed by atoms with Crippen molar-refractivity contribution >= 4 is 109 Å². The first-order valence-corrected chi connectivity index (χ1v) is 17.6. The van der Waals surface area contributed by atoms with Crippen LogP contribution in [0.5, 0.6) is 0 Å². The van der Waals surface area contributed by atoms with Gasteiger partial charge in [-0.25, -0.2) is 0 Å². The van der Waals surface area contributed by atoms with E-state index in [2.05, 4.69) is 174 Å². The first-order valence-electron chi connectivity index (χ1n) is 15.6. The molecule has 0 radical (unpaired) electrons. The minimum atomic E-state index is 0.775. The van der Waals surface area contributed by atoms with E-state index >= 15 is 0 Å². The van der Waals surface area contributed by atoms with E-state index in [9.17, 15) is 0 Å². The zero-order valence-corrected chi connectivity index (χ0v) is 27.6. The summed E-state index contributed by atoms with van der Waals surface area (Å²) in [5.41, 5.74) is 6.74. The maximum Gasteiger partial charge on any atom is 0.0641 e. The molecule has 0 aliphatic heterocycles. The number of hydrogen-bond acceptors (Lipinski definition) is 4. The smallest absolute Gasteiger partial charge is 0.0641 e. The van der Waals surface area contributed by atoms with Crippen LogP contribution in [0.25, 0.3) is 40.3 Å². The lowest BCUT2D eigenvalue weighted by Crippen LogP contribution is -2.13. The highest BCUT2D eigenvalue weighted by molar-refractivity contribution is 7.27. The third kappa shape index (κ3) is 4.68. The van der Waals surface area contributed by atoms with E-state index in [0.717, 1.165) is 44.5 Å². The minimum Gasteiger partial charge on any atom is -0.309 e. The van der Waals surface area contributed by atoms with Gasteiger partial charge in [0, 0.05) is 48.0 Å². The molecule has 47 heavy (non-hydrogen) atoms. The number of rotatable bonds is 6. The molecule has 0 N–H and O–H groups in total. The Bertz CT molecular complexity index is 2500. The fourth-order valence-electron chi connectivity index (χ4n) is 6.68. The number of halogens is 1. The minimum absolute atomic E-state index is 0.775. The van der Waals surface area contributed by atoms with Crippen molar-refractivity contribution in [3.8, 4) is 0 Å². The Morgan fingerprint density at radius 2 is 0.766 bits per heavy atom. The van der Waals surface area contributed by atoms with Crippen molar-refractivity contribution in [2.75, 3.05) is 9.80 Å². The number of nitrogens with zero attached hydrogens (tertiary/aromatic N) is 2. The Balaban J connectivity index is 1.38. The molecule has 0 unspecified atom stereocenters. The van der Waals surface area contributed by atoms with Crippen LogP contribution in [0.15, 0.2) is 164 Å². The summed E-state index contributed by atoms with van der Waals surface area (Å²) < 4.78 is 4.90. The molecular formula is C42H27ClN2S2. The fourth-order valence-corrected chi connectivity index (χ4v) is 9.45. The first kappa shape index (κ1) is 28.1. The molecule has 0 spiro atoms. The van der Waals surface area contributed by atoms with Gasteiger partial charge in [0.05, 0.1) is 31.5 Å². The number of thiophene rings is 2. The topological polar surface area (TPSA) is 6.48 Å². The van der Waals surface area contributed by atoms with Crippen molar-refractivity contribution in [1.29, 1.82) is 0 Å². The molecule has 9 aromatic rings. The Kier molecular flexibility index (Phi) is 6.93. The molecule has 0 fully saturated rings. The van der Waals surface area contributed by atoms with E-state index in [-0.39, 0.29) is 0 Å². The highest BCUT2D eigenvalue weighted by Gasteiger charge is 2.25. The van der Waals surface area contributed by atoms with Crippen LogP contribution in [0.2, 0.25) is 5.02 Å². The molecule has 0 aliphatic carbocycles.